The topological polar surface area (TPSA) is 76.0 Å². The molecule has 1 radical (unpaired) electrons. The SMILES string of the molecule is C=C(/C(Cl)=C\C=C(\C)CCC)c1cc(-c2csc(NC(=O)CNC(=O)c3ccn([B]C)c3)n2)ccc1C. The van der Waals surface area contributed by atoms with Gasteiger partial charge in [-0.05, 0) is 61.4 Å². The Labute approximate surface area is 228 Å². The molecule has 3 rings (SSSR count). The van der Waals surface area contributed by atoms with Gasteiger partial charge in [0.1, 0.15) is 0 Å². The normalized spacial score (nSPS) is 11.8. The lowest BCUT2D eigenvalue weighted by Crippen LogP contribution is -2.32. The van der Waals surface area contributed by atoms with Crippen LogP contribution in [0.3, 0.4) is 0 Å². The number of aromatic nitrogens is 2. The molecule has 2 N–H and O–H groups in total. The summed E-state index contributed by atoms with van der Waals surface area (Å²) in [5.41, 5.74) is 6.12. The monoisotopic (exact) mass is 533 g/mol. The van der Waals surface area contributed by atoms with Crippen LogP contribution in [0, 0.1) is 6.92 Å². The molecule has 0 aliphatic rings. The van der Waals surface area contributed by atoms with Crippen molar-refractivity contribution >= 4 is 52.9 Å². The fourth-order valence-electron chi connectivity index (χ4n) is 3.63. The van der Waals surface area contributed by atoms with Crippen LogP contribution < -0.4 is 10.6 Å². The van der Waals surface area contributed by atoms with Crippen molar-refractivity contribution in [2.45, 2.75) is 40.4 Å². The summed E-state index contributed by atoms with van der Waals surface area (Å²) in [5.74, 6) is -0.663. The molecule has 2 amide bonds. The van der Waals surface area contributed by atoms with Gasteiger partial charge >= 0.3 is 0 Å². The van der Waals surface area contributed by atoms with Crippen LogP contribution in [-0.4, -0.2) is 35.2 Å². The van der Waals surface area contributed by atoms with Crippen LogP contribution >= 0.6 is 22.9 Å². The Bertz CT molecular complexity index is 1360. The lowest BCUT2D eigenvalue weighted by atomic mass is 9.97. The first-order valence-corrected chi connectivity index (χ1v) is 13.3. The van der Waals surface area contributed by atoms with Gasteiger partial charge in [0.25, 0.3) is 5.91 Å². The van der Waals surface area contributed by atoms with Crippen LogP contribution in [0.5, 0.6) is 0 Å². The summed E-state index contributed by atoms with van der Waals surface area (Å²) in [7, 11) is 1.83. The summed E-state index contributed by atoms with van der Waals surface area (Å²) >= 11 is 7.88. The molecule has 3 aromatic rings. The molecule has 191 valence electrons. The lowest BCUT2D eigenvalue weighted by Gasteiger charge is -2.10. The quantitative estimate of drug-likeness (QED) is 0.213. The summed E-state index contributed by atoms with van der Waals surface area (Å²) in [6, 6.07) is 7.69. The van der Waals surface area contributed by atoms with Crippen molar-refractivity contribution < 1.29 is 9.59 Å². The molecule has 2 heterocycles. The molecule has 0 fully saturated rings. The highest BCUT2D eigenvalue weighted by atomic mass is 35.5. The number of nitrogens with zero attached hydrogens (tertiary/aromatic N) is 2. The predicted octanol–water partition coefficient (Wildman–Crippen LogP) is 6.69. The van der Waals surface area contributed by atoms with E-state index in [2.05, 4.69) is 36.0 Å². The first kappa shape index (κ1) is 28.2. The fourth-order valence-corrected chi connectivity index (χ4v) is 4.53. The predicted molar refractivity (Wildman–Crippen MR) is 156 cm³/mol. The van der Waals surface area contributed by atoms with Crippen LogP contribution in [0.25, 0.3) is 16.8 Å². The van der Waals surface area contributed by atoms with Crippen LogP contribution in [0.1, 0.15) is 48.2 Å². The Kier molecular flexibility index (Phi) is 10.1. The van der Waals surface area contributed by atoms with Crippen molar-refractivity contribution in [2.75, 3.05) is 11.9 Å². The van der Waals surface area contributed by atoms with Gasteiger partial charge in [-0.2, -0.15) is 0 Å². The number of carbonyl (C=O) groups is 2. The second-order valence-electron chi connectivity index (χ2n) is 8.66. The molecule has 0 atom stereocenters. The highest BCUT2D eigenvalue weighted by molar-refractivity contribution is 7.14. The minimum Gasteiger partial charge on any atom is -0.402 e. The minimum atomic E-state index is -0.350. The van der Waals surface area contributed by atoms with Gasteiger partial charge in [0.15, 0.2) is 5.13 Å². The molecule has 1 aromatic carbocycles. The number of amides is 2. The lowest BCUT2D eigenvalue weighted by molar-refractivity contribution is -0.115. The van der Waals surface area contributed by atoms with E-state index in [0.29, 0.717) is 15.7 Å². The summed E-state index contributed by atoms with van der Waals surface area (Å²) in [6.45, 7) is 12.2. The maximum atomic E-state index is 12.4. The number of carbonyl (C=O) groups excluding carboxylic acids is 2. The molecular weight excluding hydrogens is 503 g/mol. The largest absolute Gasteiger partial charge is 0.402 e. The maximum Gasteiger partial charge on any atom is 0.253 e. The number of rotatable bonds is 11. The van der Waals surface area contributed by atoms with E-state index >= 15 is 0 Å². The number of aryl methyl sites for hydroxylation is 1. The molecule has 0 saturated heterocycles. The first-order chi connectivity index (χ1) is 17.7. The number of hydrogen-bond donors (Lipinski definition) is 2. The van der Waals surface area contributed by atoms with Gasteiger partial charge in [0.05, 0.1) is 17.8 Å². The van der Waals surface area contributed by atoms with Crippen molar-refractivity contribution in [2.24, 2.45) is 0 Å². The van der Waals surface area contributed by atoms with Gasteiger partial charge < -0.3 is 15.1 Å². The third-order valence-electron chi connectivity index (χ3n) is 5.74. The molecule has 0 saturated carbocycles. The standard InChI is InChI=1S/C28H31BClN4O2S/c1-6-7-18(2)8-11-24(30)20(4)23-14-21(10-9-19(23)3)25-17-37-28(32-25)33-26(35)15-31-27(36)22-12-13-34(16-22)29-5/h8-14,16-17H,4,6-7,15H2,1-3,5H3,(H,31,36)(H,32,33,35)/b18-8-,24-11+. The molecule has 6 nitrogen and oxygen atoms in total. The number of nitrogens with one attached hydrogen (secondary N) is 2. The second-order valence-corrected chi connectivity index (χ2v) is 9.93. The Morgan fingerprint density at radius 1 is 1.27 bits per heavy atom. The average Bonchev–Trinajstić information content (AvgIpc) is 3.56. The highest BCUT2D eigenvalue weighted by Crippen LogP contribution is 2.32. The van der Waals surface area contributed by atoms with E-state index in [9.17, 15) is 9.59 Å². The summed E-state index contributed by atoms with van der Waals surface area (Å²) in [4.78, 5) is 29.1. The Morgan fingerprint density at radius 2 is 2.05 bits per heavy atom. The average molecular weight is 534 g/mol. The highest BCUT2D eigenvalue weighted by Gasteiger charge is 2.13. The van der Waals surface area contributed by atoms with Crippen molar-refractivity contribution in [3.63, 3.8) is 0 Å². The van der Waals surface area contributed by atoms with Crippen molar-refractivity contribution in [3.05, 3.63) is 88.1 Å². The molecule has 2 aromatic heterocycles. The summed E-state index contributed by atoms with van der Waals surface area (Å²) in [5, 5.41) is 8.30. The third kappa shape index (κ3) is 7.81. The van der Waals surface area contributed by atoms with Gasteiger partial charge in [0.2, 0.25) is 13.3 Å². The number of allylic oxidation sites excluding steroid dienone is 5. The smallest absolute Gasteiger partial charge is 0.253 e. The number of halogens is 1. The van der Waals surface area contributed by atoms with Gasteiger partial charge in [0, 0.05) is 22.2 Å². The summed E-state index contributed by atoms with van der Waals surface area (Å²) in [6.07, 6.45) is 9.52. The minimum absolute atomic E-state index is 0.152. The van der Waals surface area contributed by atoms with Crippen LogP contribution in [0.15, 0.2) is 71.4 Å². The van der Waals surface area contributed by atoms with E-state index in [4.69, 9.17) is 11.6 Å². The van der Waals surface area contributed by atoms with Crippen molar-refractivity contribution in [3.8, 4) is 11.3 Å². The van der Waals surface area contributed by atoms with Crippen molar-refractivity contribution in [1.29, 1.82) is 0 Å². The number of thiazole rings is 1. The molecule has 0 bridgehead atoms. The van der Waals surface area contributed by atoms with E-state index in [0.717, 1.165) is 40.8 Å². The van der Waals surface area contributed by atoms with E-state index in [-0.39, 0.29) is 18.4 Å². The molecular formula is C28H31BClN4O2S. The van der Waals surface area contributed by atoms with E-state index in [1.165, 1.54) is 16.9 Å². The van der Waals surface area contributed by atoms with Gasteiger partial charge in [-0.15, -0.1) is 11.3 Å². The van der Waals surface area contributed by atoms with Gasteiger partial charge in [-0.1, -0.05) is 62.1 Å². The van der Waals surface area contributed by atoms with E-state index in [1.807, 2.05) is 56.9 Å². The molecule has 0 spiro atoms. The molecule has 0 aliphatic heterocycles. The molecule has 0 unspecified atom stereocenters. The Balaban J connectivity index is 1.65. The first-order valence-electron chi connectivity index (χ1n) is 12.1. The molecule has 0 aliphatic carbocycles. The van der Waals surface area contributed by atoms with Gasteiger partial charge in [-0.25, -0.2) is 4.98 Å². The molecule has 9 heteroatoms. The maximum absolute atomic E-state index is 12.4. The van der Waals surface area contributed by atoms with E-state index in [1.54, 1.807) is 22.9 Å². The van der Waals surface area contributed by atoms with Crippen LogP contribution in [-0.2, 0) is 4.79 Å². The number of anilines is 1. The van der Waals surface area contributed by atoms with Crippen LogP contribution in [0.4, 0.5) is 5.13 Å². The second kappa shape index (κ2) is 13.3. The zero-order chi connectivity index (χ0) is 26.9. The summed E-state index contributed by atoms with van der Waals surface area (Å²) < 4.78 is 1.77. The molecule has 37 heavy (non-hydrogen) atoms. The number of hydrogen-bond acceptors (Lipinski definition) is 4. The zero-order valence-corrected chi connectivity index (χ0v) is 23.2. The fraction of sp³-hybridized carbons (Fsp3) is 0.250. The van der Waals surface area contributed by atoms with E-state index < -0.39 is 0 Å². The van der Waals surface area contributed by atoms with Gasteiger partial charge in [-0.3, -0.25) is 9.59 Å². The Morgan fingerprint density at radius 3 is 2.76 bits per heavy atom. The third-order valence-corrected chi connectivity index (χ3v) is 6.85. The Hall–Kier alpha value is -3.36. The van der Waals surface area contributed by atoms with Crippen molar-refractivity contribution in [1.82, 2.24) is 14.8 Å². The van der Waals surface area contributed by atoms with Crippen LogP contribution in [0.2, 0.25) is 6.82 Å². The zero-order valence-electron chi connectivity index (χ0n) is 21.6. The number of benzene rings is 1.